The first kappa shape index (κ1) is 16.9. The largest absolute Gasteiger partial charge is 0.345 e. The second-order valence-corrected chi connectivity index (χ2v) is 6.25. The highest BCUT2D eigenvalue weighted by Gasteiger charge is 2.16. The van der Waals surface area contributed by atoms with Crippen molar-refractivity contribution in [3.8, 4) is 0 Å². The van der Waals surface area contributed by atoms with Gasteiger partial charge in [0.2, 0.25) is 0 Å². The van der Waals surface area contributed by atoms with Gasteiger partial charge in [0, 0.05) is 5.02 Å². The lowest BCUT2D eigenvalue weighted by Crippen LogP contribution is -2.28. The summed E-state index contributed by atoms with van der Waals surface area (Å²) < 4.78 is 0. The SMILES string of the molecule is CC[C@@H](NC(=O)c1ccc(Cl)cc1Cl)c1ccc(C)c(C)c1. The lowest BCUT2D eigenvalue weighted by molar-refractivity contribution is 0.0935. The van der Waals surface area contributed by atoms with Crippen LogP contribution in [0.4, 0.5) is 0 Å². The number of nitrogens with one attached hydrogen (secondary N) is 1. The van der Waals surface area contributed by atoms with Gasteiger partial charge in [0.1, 0.15) is 0 Å². The molecule has 0 fully saturated rings. The van der Waals surface area contributed by atoms with Crippen molar-refractivity contribution in [2.24, 2.45) is 0 Å². The van der Waals surface area contributed by atoms with Gasteiger partial charge in [-0.3, -0.25) is 4.79 Å². The highest BCUT2D eigenvalue weighted by molar-refractivity contribution is 6.36. The van der Waals surface area contributed by atoms with E-state index in [1.807, 2.05) is 6.92 Å². The molecule has 0 radical (unpaired) electrons. The van der Waals surface area contributed by atoms with E-state index in [4.69, 9.17) is 23.2 Å². The van der Waals surface area contributed by atoms with E-state index in [1.54, 1.807) is 18.2 Å². The molecule has 22 heavy (non-hydrogen) atoms. The van der Waals surface area contributed by atoms with Crippen LogP contribution in [-0.4, -0.2) is 5.91 Å². The zero-order valence-electron chi connectivity index (χ0n) is 12.9. The lowest BCUT2D eigenvalue weighted by atomic mass is 9.99. The van der Waals surface area contributed by atoms with Gasteiger partial charge in [0.05, 0.1) is 16.6 Å². The molecule has 1 amide bonds. The van der Waals surface area contributed by atoms with Crippen LogP contribution in [0, 0.1) is 13.8 Å². The average molecular weight is 336 g/mol. The maximum Gasteiger partial charge on any atom is 0.253 e. The van der Waals surface area contributed by atoms with Gasteiger partial charge in [-0.15, -0.1) is 0 Å². The summed E-state index contributed by atoms with van der Waals surface area (Å²) in [7, 11) is 0. The Morgan fingerprint density at radius 1 is 1.09 bits per heavy atom. The third kappa shape index (κ3) is 3.82. The van der Waals surface area contributed by atoms with Crippen molar-refractivity contribution in [3.63, 3.8) is 0 Å². The van der Waals surface area contributed by atoms with Crippen molar-refractivity contribution in [2.45, 2.75) is 33.2 Å². The number of rotatable bonds is 4. The highest BCUT2D eigenvalue weighted by atomic mass is 35.5. The standard InChI is InChI=1S/C18H19Cl2NO/c1-4-17(13-6-5-11(2)12(3)9-13)21-18(22)15-8-7-14(19)10-16(15)20/h5-10,17H,4H2,1-3H3,(H,21,22)/t17-/m1/s1. The Balaban J connectivity index is 2.22. The molecule has 2 rings (SSSR count). The first-order valence-electron chi connectivity index (χ1n) is 7.25. The first-order valence-corrected chi connectivity index (χ1v) is 8.01. The number of hydrogen-bond donors (Lipinski definition) is 1. The van der Waals surface area contributed by atoms with Crippen molar-refractivity contribution < 1.29 is 4.79 Å². The fourth-order valence-corrected chi connectivity index (χ4v) is 2.81. The van der Waals surface area contributed by atoms with Gasteiger partial charge in [-0.05, 0) is 55.2 Å². The van der Waals surface area contributed by atoms with Gasteiger partial charge in [0.25, 0.3) is 5.91 Å². The predicted octanol–water partition coefficient (Wildman–Crippen LogP) is 5.49. The van der Waals surface area contributed by atoms with Crippen LogP contribution in [0.1, 0.15) is 46.4 Å². The van der Waals surface area contributed by atoms with E-state index in [-0.39, 0.29) is 11.9 Å². The number of hydrogen-bond acceptors (Lipinski definition) is 1. The third-order valence-corrected chi connectivity index (χ3v) is 4.37. The van der Waals surface area contributed by atoms with Crippen LogP contribution in [-0.2, 0) is 0 Å². The van der Waals surface area contributed by atoms with Crippen LogP contribution in [0.25, 0.3) is 0 Å². The summed E-state index contributed by atoms with van der Waals surface area (Å²) in [5.74, 6) is -0.188. The van der Waals surface area contributed by atoms with E-state index in [0.717, 1.165) is 12.0 Å². The number of amides is 1. The summed E-state index contributed by atoms with van der Waals surface area (Å²) in [6.07, 6.45) is 0.805. The minimum absolute atomic E-state index is 0.0430. The molecule has 0 spiro atoms. The van der Waals surface area contributed by atoms with Crippen molar-refractivity contribution in [2.75, 3.05) is 0 Å². The minimum atomic E-state index is -0.188. The van der Waals surface area contributed by atoms with Gasteiger partial charge in [-0.2, -0.15) is 0 Å². The van der Waals surface area contributed by atoms with Gasteiger partial charge in [0.15, 0.2) is 0 Å². The Labute approximate surface area is 141 Å². The summed E-state index contributed by atoms with van der Waals surface area (Å²) in [6, 6.07) is 11.1. The van der Waals surface area contributed by atoms with Crippen LogP contribution in [0.2, 0.25) is 10.0 Å². The Kier molecular flexibility index (Phi) is 5.49. The van der Waals surface area contributed by atoms with Crippen LogP contribution in [0.15, 0.2) is 36.4 Å². The van der Waals surface area contributed by atoms with Crippen molar-refractivity contribution in [1.29, 1.82) is 0 Å². The van der Waals surface area contributed by atoms with Gasteiger partial charge in [-0.1, -0.05) is 48.3 Å². The normalized spacial score (nSPS) is 12.0. The maximum atomic E-state index is 12.4. The molecule has 0 aromatic heterocycles. The third-order valence-electron chi connectivity index (χ3n) is 3.82. The Morgan fingerprint density at radius 3 is 2.41 bits per heavy atom. The topological polar surface area (TPSA) is 29.1 Å². The zero-order valence-corrected chi connectivity index (χ0v) is 14.4. The predicted molar refractivity (Wildman–Crippen MR) is 92.9 cm³/mol. The van der Waals surface area contributed by atoms with Crippen molar-refractivity contribution >= 4 is 29.1 Å². The zero-order chi connectivity index (χ0) is 16.3. The molecule has 116 valence electrons. The number of carbonyl (C=O) groups excluding carboxylic acids is 1. The lowest BCUT2D eigenvalue weighted by Gasteiger charge is -2.19. The molecule has 0 saturated carbocycles. The second kappa shape index (κ2) is 7.17. The molecule has 0 heterocycles. The minimum Gasteiger partial charge on any atom is -0.345 e. The van der Waals surface area contributed by atoms with Gasteiger partial charge < -0.3 is 5.32 Å². The summed E-state index contributed by atoms with van der Waals surface area (Å²) in [5, 5.41) is 3.92. The summed E-state index contributed by atoms with van der Waals surface area (Å²) in [6.45, 7) is 6.19. The Bertz CT molecular complexity index is 697. The van der Waals surface area contributed by atoms with E-state index in [0.29, 0.717) is 15.6 Å². The molecule has 0 unspecified atom stereocenters. The van der Waals surface area contributed by atoms with E-state index in [2.05, 4.69) is 37.4 Å². The molecular weight excluding hydrogens is 317 g/mol. The molecule has 2 aromatic rings. The second-order valence-electron chi connectivity index (χ2n) is 5.40. The van der Waals surface area contributed by atoms with E-state index in [1.165, 1.54) is 11.1 Å². The van der Waals surface area contributed by atoms with E-state index < -0.39 is 0 Å². The Hall–Kier alpha value is -1.51. The van der Waals surface area contributed by atoms with Gasteiger partial charge >= 0.3 is 0 Å². The van der Waals surface area contributed by atoms with Crippen LogP contribution < -0.4 is 5.32 Å². The quantitative estimate of drug-likeness (QED) is 0.786. The molecule has 2 aromatic carbocycles. The van der Waals surface area contributed by atoms with Crippen molar-refractivity contribution in [3.05, 3.63) is 68.7 Å². The molecule has 0 aliphatic rings. The fourth-order valence-electron chi connectivity index (χ4n) is 2.31. The van der Waals surface area contributed by atoms with Crippen molar-refractivity contribution in [1.82, 2.24) is 5.32 Å². The van der Waals surface area contributed by atoms with Crippen LogP contribution >= 0.6 is 23.2 Å². The highest BCUT2D eigenvalue weighted by Crippen LogP contribution is 2.24. The molecule has 0 aliphatic heterocycles. The number of carbonyl (C=O) groups is 1. The first-order chi connectivity index (χ1) is 10.4. The number of aryl methyl sites for hydroxylation is 2. The summed E-state index contributed by atoms with van der Waals surface area (Å²) in [4.78, 5) is 12.4. The Morgan fingerprint density at radius 2 is 1.82 bits per heavy atom. The van der Waals surface area contributed by atoms with Gasteiger partial charge in [-0.25, -0.2) is 0 Å². The monoisotopic (exact) mass is 335 g/mol. The number of halogens is 2. The van der Waals surface area contributed by atoms with E-state index >= 15 is 0 Å². The smallest absolute Gasteiger partial charge is 0.253 e. The maximum absolute atomic E-state index is 12.4. The fraction of sp³-hybridized carbons (Fsp3) is 0.278. The van der Waals surface area contributed by atoms with Crippen LogP contribution in [0.3, 0.4) is 0 Å². The molecule has 1 N–H and O–H groups in total. The molecule has 4 heteroatoms. The number of benzene rings is 2. The molecule has 0 bridgehead atoms. The average Bonchev–Trinajstić information content (AvgIpc) is 2.47. The summed E-state index contributed by atoms with van der Waals surface area (Å²) >= 11 is 12.0. The molecule has 0 saturated heterocycles. The molecule has 0 aliphatic carbocycles. The molecule has 2 nitrogen and oxygen atoms in total. The van der Waals surface area contributed by atoms with E-state index in [9.17, 15) is 4.79 Å². The molecule has 1 atom stereocenters. The summed E-state index contributed by atoms with van der Waals surface area (Å²) in [5.41, 5.74) is 4.00. The molecular formula is C18H19Cl2NO. The van der Waals surface area contributed by atoms with Crippen LogP contribution in [0.5, 0.6) is 0 Å².